The Kier molecular flexibility index (Phi) is 4.23. The minimum Gasteiger partial charge on any atom is -0.317 e. The lowest BCUT2D eigenvalue weighted by Crippen LogP contribution is -2.27. The fraction of sp³-hybridized carbons (Fsp3) is 1.00. The number of hydrogen-bond donors (Lipinski definition) is 1. The van der Waals surface area contributed by atoms with Crippen LogP contribution < -0.4 is 5.32 Å². The molecule has 0 aromatic carbocycles. The second-order valence-electron chi connectivity index (χ2n) is 4.16. The van der Waals surface area contributed by atoms with Crippen molar-refractivity contribution in [2.45, 2.75) is 50.7 Å². The van der Waals surface area contributed by atoms with Gasteiger partial charge in [0.15, 0.2) is 0 Å². The molecule has 1 saturated carbocycles. The maximum Gasteiger partial charge on any atom is 0.389 e. The van der Waals surface area contributed by atoms with Crippen LogP contribution >= 0.6 is 0 Å². The van der Waals surface area contributed by atoms with Gasteiger partial charge in [-0.1, -0.05) is 12.8 Å². The van der Waals surface area contributed by atoms with Crippen molar-refractivity contribution in [3.05, 3.63) is 0 Å². The van der Waals surface area contributed by atoms with Crippen LogP contribution in [0.5, 0.6) is 0 Å². The van der Waals surface area contributed by atoms with Gasteiger partial charge in [0.05, 0.1) is 0 Å². The highest BCUT2D eigenvalue weighted by Gasteiger charge is 2.28. The number of rotatable bonds is 6. The maximum atomic E-state index is 11.9. The normalized spacial score (nSPS) is 19.7. The first-order valence-corrected chi connectivity index (χ1v) is 5.25. The fourth-order valence-electron chi connectivity index (χ4n) is 1.61. The molecule has 0 aromatic rings. The lowest BCUT2D eigenvalue weighted by atomic mass is 10.0. The Morgan fingerprint density at radius 3 is 2.36 bits per heavy atom. The summed E-state index contributed by atoms with van der Waals surface area (Å²) < 4.78 is 35.8. The van der Waals surface area contributed by atoms with Crippen LogP contribution in [0.25, 0.3) is 0 Å². The molecule has 0 heterocycles. The molecule has 1 N–H and O–H groups in total. The van der Waals surface area contributed by atoms with Crippen LogP contribution in [0, 0.1) is 5.92 Å². The van der Waals surface area contributed by atoms with Gasteiger partial charge in [-0.05, 0) is 32.2 Å². The molecule has 0 bridgehead atoms. The van der Waals surface area contributed by atoms with E-state index in [1.807, 2.05) is 0 Å². The summed E-state index contributed by atoms with van der Waals surface area (Å²) in [5.74, 6) is 0.803. The van der Waals surface area contributed by atoms with Crippen molar-refractivity contribution in [3.8, 4) is 0 Å². The van der Waals surface area contributed by atoms with Crippen molar-refractivity contribution in [2.75, 3.05) is 7.05 Å². The summed E-state index contributed by atoms with van der Waals surface area (Å²) in [6, 6.07) is 0.0391. The van der Waals surface area contributed by atoms with Crippen LogP contribution in [0.1, 0.15) is 38.5 Å². The van der Waals surface area contributed by atoms with E-state index < -0.39 is 12.6 Å². The third-order valence-corrected chi connectivity index (χ3v) is 2.80. The van der Waals surface area contributed by atoms with E-state index in [1.165, 1.54) is 12.8 Å². The molecule has 1 aliphatic carbocycles. The third kappa shape index (κ3) is 5.47. The Morgan fingerprint density at radius 1 is 1.29 bits per heavy atom. The Morgan fingerprint density at radius 2 is 1.93 bits per heavy atom. The topological polar surface area (TPSA) is 12.0 Å². The van der Waals surface area contributed by atoms with E-state index in [4.69, 9.17) is 0 Å². The Bertz CT molecular complexity index is 163. The molecule has 1 aliphatic rings. The van der Waals surface area contributed by atoms with Gasteiger partial charge in [0, 0.05) is 12.5 Å². The smallest absolute Gasteiger partial charge is 0.317 e. The minimum absolute atomic E-state index is 0.0391. The van der Waals surface area contributed by atoms with Crippen LogP contribution in [0.2, 0.25) is 0 Å². The highest BCUT2D eigenvalue weighted by molar-refractivity contribution is 4.76. The molecule has 84 valence electrons. The highest BCUT2D eigenvalue weighted by atomic mass is 19.4. The highest BCUT2D eigenvalue weighted by Crippen LogP contribution is 2.34. The van der Waals surface area contributed by atoms with Gasteiger partial charge in [0.25, 0.3) is 0 Å². The van der Waals surface area contributed by atoms with Gasteiger partial charge in [-0.25, -0.2) is 0 Å². The van der Waals surface area contributed by atoms with E-state index in [0.717, 1.165) is 18.8 Å². The van der Waals surface area contributed by atoms with Gasteiger partial charge < -0.3 is 5.32 Å². The van der Waals surface area contributed by atoms with Crippen molar-refractivity contribution in [1.82, 2.24) is 5.32 Å². The van der Waals surface area contributed by atoms with Gasteiger partial charge in [0.2, 0.25) is 0 Å². The van der Waals surface area contributed by atoms with Crippen LogP contribution in [0.3, 0.4) is 0 Å². The van der Waals surface area contributed by atoms with Gasteiger partial charge in [-0.2, -0.15) is 13.2 Å². The number of hydrogen-bond acceptors (Lipinski definition) is 1. The fourth-order valence-corrected chi connectivity index (χ4v) is 1.61. The number of alkyl halides is 3. The lowest BCUT2D eigenvalue weighted by molar-refractivity contribution is -0.136. The molecule has 14 heavy (non-hydrogen) atoms. The molecule has 0 saturated heterocycles. The molecular weight excluding hydrogens is 191 g/mol. The number of halogens is 3. The van der Waals surface area contributed by atoms with E-state index in [0.29, 0.717) is 0 Å². The first kappa shape index (κ1) is 11.8. The molecule has 1 unspecified atom stereocenters. The Labute approximate surface area is 83.1 Å². The van der Waals surface area contributed by atoms with E-state index >= 15 is 0 Å². The number of nitrogens with one attached hydrogen (secondary N) is 1. The third-order valence-electron chi connectivity index (χ3n) is 2.80. The molecule has 0 amide bonds. The molecule has 0 aliphatic heterocycles. The lowest BCUT2D eigenvalue weighted by Gasteiger charge is -2.16. The zero-order valence-electron chi connectivity index (χ0n) is 8.53. The van der Waals surface area contributed by atoms with Crippen LogP contribution in [0.15, 0.2) is 0 Å². The van der Waals surface area contributed by atoms with E-state index in [2.05, 4.69) is 5.32 Å². The van der Waals surface area contributed by atoms with Crippen LogP contribution in [0.4, 0.5) is 13.2 Å². The van der Waals surface area contributed by atoms with Crippen LogP contribution in [-0.4, -0.2) is 19.3 Å². The molecule has 1 atom stereocenters. The minimum atomic E-state index is -4.01. The van der Waals surface area contributed by atoms with Crippen molar-refractivity contribution in [2.24, 2.45) is 5.92 Å². The maximum absolute atomic E-state index is 11.9. The summed E-state index contributed by atoms with van der Waals surface area (Å²) in [4.78, 5) is 0. The molecule has 1 fully saturated rings. The van der Waals surface area contributed by atoms with Crippen LogP contribution in [-0.2, 0) is 0 Å². The summed E-state index contributed by atoms with van der Waals surface area (Å²) in [6.45, 7) is 0. The SMILES string of the molecule is CNC(CCC1CC1)CCC(F)(F)F. The Balaban J connectivity index is 2.10. The standard InChI is InChI=1S/C10H18F3N/c1-14-9(5-4-8-2-3-8)6-7-10(11,12)13/h8-9,14H,2-7H2,1H3. The van der Waals surface area contributed by atoms with Crippen molar-refractivity contribution in [1.29, 1.82) is 0 Å². The second kappa shape index (κ2) is 5.01. The van der Waals surface area contributed by atoms with E-state index in [-0.39, 0.29) is 12.5 Å². The first-order valence-electron chi connectivity index (χ1n) is 5.25. The average molecular weight is 209 g/mol. The zero-order valence-corrected chi connectivity index (χ0v) is 8.53. The van der Waals surface area contributed by atoms with Gasteiger partial charge >= 0.3 is 6.18 Å². The van der Waals surface area contributed by atoms with E-state index in [1.54, 1.807) is 7.05 Å². The summed E-state index contributed by atoms with van der Waals surface area (Å²) >= 11 is 0. The van der Waals surface area contributed by atoms with Crippen molar-refractivity contribution in [3.63, 3.8) is 0 Å². The molecule has 0 radical (unpaired) electrons. The van der Waals surface area contributed by atoms with Gasteiger partial charge in [0.1, 0.15) is 0 Å². The average Bonchev–Trinajstić information content (AvgIpc) is 2.86. The molecule has 0 aromatic heterocycles. The Hall–Kier alpha value is -0.250. The van der Waals surface area contributed by atoms with Gasteiger partial charge in [-0.3, -0.25) is 0 Å². The summed E-state index contributed by atoms with van der Waals surface area (Å²) in [5.41, 5.74) is 0. The summed E-state index contributed by atoms with van der Waals surface area (Å²) in [7, 11) is 1.74. The molecule has 0 spiro atoms. The second-order valence-corrected chi connectivity index (χ2v) is 4.16. The predicted octanol–water partition coefficient (Wildman–Crippen LogP) is 3.11. The predicted molar refractivity (Wildman–Crippen MR) is 50.1 cm³/mol. The van der Waals surface area contributed by atoms with Crippen molar-refractivity contribution < 1.29 is 13.2 Å². The monoisotopic (exact) mass is 209 g/mol. The molecule has 4 heteroatoms. The van der Waals surface area contributed by atoms with Crippen molar-refractivity contribution >= 4 is 0 Å². The van der Waals surface area contributed by atoms with E-state index in [9.17, 15) is 13.2 Å². The molecule has 1 nitrogen and oxygen atoms in total. The first-order chi connectivity index (χ1) is 6.51. The quantitative estimate of drug-likeness (QED) is 0.708. The summed E-state index contributed by atoms with van der Waals surface area (Å²) in [6.07, 6.45) is 0.0661. The molecular formula is C10H18F3N. The summed E-state index contributed by atoms with van der Waals surface area (Å²) in [5, 5.41) is 2.96. The zero-order chi connectivity index (χ0) is 10.6. The largest absolute Gasteiger partial charge is 0.389 e. The van der Waals surface area contributed by atoms with Gasteiger partial charge in [-0.15, -0.1) is 0 Å². The molecule has 1 rings (SSSR count).